The van der Waals surface area contributed by atoms with Crippen molar-refractivity contribution in [2.24, 2.45) is 0 Å². The van der Waals surface area contributed by atoms with Gasteiger partial charge in [-0.1, -0.05) is 23.2 Å². The molecule has 104 valence electrons. The molecule has 2 N–H and O–H groups in total. The Morgan fingerprint density at radius 3 is 2.74 bits per heavy atom. The Morgan fingerprint density at radius 1 is 1.42 bits per heavy atom. The largest absolute Gasteiger partial charge is 0.396 e. The van der Waals surface area contributed by atoms with Gasteiger partial charge in [0.15, 0.2) is 0 Å². The molecule has 0 saturated heterocycles. The fraction of sp³-hybridized carbons (Fsp3) is 0.357. The summed E-state index contributed by atoms with van der Waals surface area (Å²) >= 11 is 11.8. The molecule has 1 amide bonds. The van der Waals surface area contributed by atoms with Crippen LogP contribution in [0.2, 0.25) is 10.0 Å². The highest BCUT2D eigenvalue weighted by Crippen LogP contribution is 2.21. The molecule has 0 heterocycles. The van der Waals surface area contributed by atoms with E-state index in [2.05, 4.69) is 5.32 Å². The van der Waals surface area contributed by atoms with Gasteiger partial charge in [0.1, 0.15) is 0 Å². The molecule has 19 heavy (non-hydrogen) atoms. The normalized spacial score (nSPS) is 11.8. The highest BCUT2D eigenvalue weighted by molar-refractivity contribution is 6.34. The summed E-state index contributed by atoms with van der Waals surface area (Å²) in [5, 5.41) is 12.8. The lowest BCUT2D eigenvalue weighted by Gasteiger charge is -2.24. The van der Waals surface area contributed by atoms with E-state index in [0.717, 1.165) is 0 Å². The van der Waals surface area contributed by atoms with Gasteiger partial charge >= 0.3 is 0 Å². The van der Waals surface area contributed by atoms with Gasteiger partial charge in [0.25, 0.3) is 0 Å². The first kappa shape index (κ1) is 16.0. The van der Waals surface area contributed by atoms with Crippen LogP contribution in [-0.2, 0) is 4.79 Å². The maximum atomic E-state index is 11.7. The summed E-state index contributed by atoms with van der Waals surface area (Å²) in [4.78, 5) is 11.7. The molecule has 1 aromatic rings. The van der Waals surface area contributed by atoms with Gasteiger partial charge in [-0.15, -0.1) is 0 Å². The van der Waals surface area contributed by atoms with E-state index >= 15 is 0 Å². The van der Waals surface area contributed by atoms with Crippen LogP contribution < -0.4 is 5.32 Å². The van der Waals surface area contributed by atoms with Crippen molar-refractivity contribution in [2.45, 2.75) is 25.8 Å². The Kier molecular flexibility index (Phi) is 5.85. The van der Waals surface area contributed by atoms with Crippen molar-refractivity contribution >= 4 is 35.2 Å². The van der Waals surface area contributed by atoms with Crippen molar-refractivity contribution in [1.82, 2.24) is 5.32 Å². The van der Waals surface area contributed by atoms with Crippen molar-refractivity contribution in [3.8, 4) is 0 Å². The van der Waals surface area contributed by atoms with Gasteiger partial charge in [-0.3, -0.25) is 4.79 Å². The molecule has 3 nitrogen and oxygen atoms in total. The number of halogens is 2. The van der Waals surface area contributed by atoms with E-state index in [9.17, 15) is 4.79 Å². The quantitative estimate of drug-likeness (QED) is 0.820. The van der Waals surface area contributed by atoms with Crippen molar-refractivity contribution in [3.05, 3.63) is 39.9 Å². The van der Waals surface area contributed by atoms with E-state index in [1.165, 1.54) is 6.08 Å². The molecule has 0 radical (unpaired) electrons. The number of rotatable bonds is 5. The van der Waals surface area contributed by atoms with E-state index in [1.54, 1.807) is 24.3 Å². The van der Waals surface area contributed by atoms with Gasteiger partial charge in [-0.05, 0) is 50.1 Å². The third-order valence-electron chi connectivity index (χ3n) is 2.57. The summed E-state index contributed by atoms with van der Waals surface area (Å²) in [7, 11) is 0. The van der Waals surface area contributed by atoms with Crippen LogP contribution in [0.5, 0.6) is 0 Å². The molecule has 0 unspecified atom stereocenters. The highest BCUT2D eigenvalue weighted by Gasteiger charge is 2.18. The molecule has 0 fully saturated rings. The lowest BCUT2D eigenvalue weighted by atomic mass is 10.0. The maximum absolute atomic E-state index is 11.7. The summed E-state index contributed by atoms with van der Waals surface area (Å²) in [5.41, 5.74) is 0.234. The van der Waals surface area contributed by atoms with E-state index in [1.807, 2.05) is 13.8 Å². The Hall–Kier alpha value is -1.03. The molecule has 0 spiro atoms. The number of carbonyl (C=O) groups is 1. The number of carbonyl (C=O) groups excluding carboxylic acids is 1. The van der Waals surface area contributed by atoms with Gasteiger partial charge in [0, 0.05) is 28.3 Å². The first-order valence-corrected chi connectivity index (χ1v) is 6.66. The average molecular weight is 302 g/mol. The fourth-order valence-electron chi connectivity index (χ4n) is 1.52. The summed E-state index contributed by atoms with van der Waals surface area (Å²) < 4.78 is 0. The molecule has 0 atom stereocenters. The third kappa shape index (κ3) is 5.64. The fourth-order valence-corrected chi connectivity index (χ4v) is 1.89. The van der Waals surface area contributed by atoms with Crippen molar-refractivity contribution < 1.29 is 9.90 Å². The smallest absolute Gasteiger partial charge is 0.244 e. The Balaban J connectivity index is 2.71. The minimum Gasteiger partial charge on any atom is -0.396 e. The van der Waals surface area contributed by atoms with Crippen LogP contribution in [-0.4, -0.2) is 23.2 Å². The molecular weight excluding hydrogens is 285 g/mol. The number of nitrogens with one attached hydrogen (secondary N) is 1. The van der Waals surface area contributed by atoms with Crippen LogP contribution in [0.15, 0.2) is 24.3 Å². The zero-order valence-corrected chi connectivity index (χ0v) is 12.4. The van der Waals surface area contributed by atoms with Crippen LogP contribution in [0.4, 0.5) is 0 Å². The minimum atomic E-state index is -0.450. The third-order valence-corrected chi connectivity index (χ3v) is 3.15. The molecule has 0 bridgehead atoms. The second-order valence-corrected chi connectivity index (χ2v) is 5.69. The Labute approximate surface area is 123 Å². The summed E-state index contributed by atoms with van der Waals surface area (Å²) in [6, 6.07) is 5.05. The lowest BCUT2D eigenvalue weighted by Crippen LogP contribution is -2.43. The van der Waals surface area contributed by atoms with E-state index < -0.39 is 5.54 Å². The van der Waals surface area contributed by atoms with Gasteiger partial charge in [-0.2, -0.15) is 0 Å². The molecule has 0 aliphatic rings. The standard InChI is InChI=1S/C14H17Cl2NO2/c1-14(2,7-8-18)17-13(19)6-3-10-9-11(15)4-5-12(10)16/h3-6,9,18H,7-8H2,1-2H3,(H,17,19)/b6-3+. The molecule has 0 aromatic heterocycles. The zero-order chi connectivity index (χ0) is 14.5. The van der Waals surface area contributed by atoms with E-state index in [-0.39, 0.29) is 12.5 Å². The number of aliphatic hydroxyl groups is 1. The monoisotopic (exact) mass is 301 g/mol. The summed E-state index contributed by atoms with van der Waals surface area (Å²) in [5.74, 6) is -0.241. The van der Waals surface area contributed by atoms with Crippen molar-refractivity contribution in [3.63, 3.8) is 0 Å². The number of aliphatic hydroxyl groups excluding tert-OH is 1. The first-order chi connectivity index (χ1) is 8.84. The van der Waals surface area contributed by atoms with Gasteiger partial charge in [0.05, 0.1) is 0 Å². The van der Waals surface area contributed by atoms with E-state index in [4.69, 9.17) is 28.3 Å². The number of benzene rings is 1. The zero-order valence-electron chi connectivity index (χ0n) is 10.9. The molecule has 1 aromatic carbocycles. The SMILES string of the molecule is CC(C)(CCO)NC(=O)/C=C/c1cc(Cl)ccc1Cl. The first-order valence-electron chi connectivity index (χ1n) is 5.90. The van der Waals surface area contributed by atoms with Crippen LogP contribution in [0.3, 0.4) is 0 Å². The van der Waals surface area contributed by atoms with E-state index in [0.29, 0.717) is 22.0 Å². The maximum Gasteiger partial charge on any atom is 0.244 e. The van der Waals surface area contributed by atoms with Crippen LogP contribution >= 0.6 is 23.2 Å². The number of amides is 1. The van der Waals surface area contributed by atoms with Crippen LogP contribution in [0, 0.1) is 0 Å². The molecule has 0 aliphatic carbocycles. The lowest BCUT2D eigenvalue weighted by molar-refractivity contribution is -0.118. The van der Waals surface area contributed by atoms with Crippen LogP contribution in [0.25, 0.3) is 6.08 Å². The number of hydrogen-bond acceptors (Lipinski definition) is 2. The average Bonchev–Trinajstić information content (AvgIpc) is 2.29. The topological polar surface area (TPSA) is 49.3 Å². The second-order valence-electron chi connectivity index (χ2n) is 4.85. The Morgan fingerprint density at radius 2 is 2.11 bits per heavy atom. The molecular formula is C14H17Cl2NO2. The number of hydrogen-bond donors (Lipinski definition) is 2. The van der Waals surface area contributed by atoms with Gasteiger partial charge < -0.3 is 10.4 Å². The minimum absolute atomic E-state index is 0.0249. The summed E-state index contributed by atoms with van der Waals surface area (Å²) in [6.45, 7) is 3.72. The molecule has 5 heteroatoms. The molecule has 0 saturated carbocycles. The van der Waals surface area contributed by atoms with Gasteiger partial charge in [-0.25, -0.2) is 0 Å². The Bertz CT molecular complexity index is 484. The summed E-state index contributed by atoms with van der Waals surface area (Å²) in [6.07, 6.45) is 3.50. The van der Waals surface area contributed by atoms with Crippen LogP contribution in [0.1, 0.15) is 25.8 Å². The second kappa shape index (κ2) is 6.94. The predicted octanol–water partition coefficient (Wildman–Crippen LogP) is 3.28. The van der Waals surface area contributed by atoms with Gasteiger partial charge in [0.2, 0.25) is 5.91 Å². The predicted molar refractivity (Wildman–Crippen MR) is 79.4 cm³/mol. The van der Waals surface area contributed by atoms with Crippen molar-refractivity contribution in [2.75, 3.05) is 6.61 Å². The highest BCUT2D eigenvalue weighted by atomic mass is 35.5. The molecule has 1 rings (SSSR count). The molecule has 0 aliphatic heterocycles. The van der Waals surface area contributed by atoms with Crippen molar-refractivity contribution in [1.29, 1.82) is 0 Å².